The number of hydrogen-bond acceptors (Lipinski definition) is 8. The third-order valence-electron chi connectivity index (χ3n) is 4.52. The number of methoxy groups -OCH3 is 1. The van der Waals surface area contributed by atoms with Crippen molar-refractivity contribution >= 4 is 50.6 Å². The van der Waals surface area contributed by atoms with E-state index in [-0.39, 0.29) is 22.7 Å². The number of aromatic amines is 1. The number of anilines is 1. The van der Waals surface area contributed by atoms with Crippen molar-refractivity contribution < 1.29 is 14.5 Å². The van der Waals surface area contributed by atoms with Gasteiger partial charge in [-0.15, -0.1) is 11.3 Å². The highest BCUT2D eigenvalue weighted by Gasteiger charge is 2.18. The Morgan fingerprint density at radius 2 is 2.06 bits per heavy atom. The van der Waals surface area contributed by atoms with Gasteiger partial charge in [0.2, 0.25) is 5.91 Å². The third kappa shape index (κ3) is 4.48. The maximum Gasteiger partial charge on any atom is 0.296 e. The number of hydrogen-bond donors (Lipinski definition) is 2. The number of fused-ring (bicyclic) bond motifs is 1. The number of ether oxygens (including phenoxy) is 1. The lowest BCUT2D eigenvalue weighted by Crippen LogP contribution is -2.16. The van der Waals surface area contributed by atoms with Crippen LogP contribution in [0, 0.1) is 10.1 Å². The molecule has 0 aliphatic rings. The van der Waals surface area contributed by atoms with Crippen molar-refractivity contribution in [3.8, 4) is 16.9 Å². The molecule has 2 aromatic carbocycles. The van der Waals surface area contributed by atoms with E-state index >= 15 is 0 Å². The molecule has 162 valence electrons. The minimum absolute atomic E-state index is 0.0593. The zero-order chi connectivity index (χ0) is 22.7. The quantitative estimate of drug-likeness (QED) is 0.179. The molecule has 11 heteroatoms. The van der Waals surface area contributed by atoms with E-state index in [2.05, 4.69) is 15.3 Å². The van der Waals surface area contributed by atoms with Gasteiger partial charge in [0.1, 0.15) is 16.3 Å². The van der Waals surface area contributed by atoms with Gasteiger partial charge in [-0.25, -0.2) is 4.98 Å². The van der Waals surface area contributed by atoms with Gasteiger partial charge in [0.25, 0.3) is 11.2 Å². The molecular weight excluding hydrogens is 452 g/mol. The van der Waals surface area contributed by atoms with Gasteiger partial charge in [-0.3, -0.25) is 19.7 Å². The number of rotatable bonds is 7. The van der Waals surface area contributed by atoms with E-state index in [9.17, 15) is 19.7 Å². The van der Waals surface area contributed by atoms with Gasteiger partial charge in [-0.05, 0) is 17.7 Å². The molecule has 2 N–H and O–H groups in total. The summed E-state index contributed by atoms with van der Waals surface area (Å²) in [5.74, 6) is -0.249. The molecule has 2 heterocycles. The van der Waals surface area contributed by atoms with Crippen LogP contribution in [0.3, 0.4) is 0 Å². The lowest BCUT2D eigenvalue weighted by molar-refractivity contribution is -0.384. The summed E-state index contributed by atoms with van der Waals surface area (Å²) in [4.78, 5) is 43.4. The number of nitro groups is 1. The fraction of sp³-hybridized carbons (Fsp3) is 0.0952. The van der Waals surface area contributed by atoms with Crippen molar-refractivity contribution in [1.29, 1.82) is 0 Å². The Kier molecular flexibility index (Phi) is 6.19. The Labute approximate surface area is 189 Å². The third-order valence-corrected chi connectivity index (χ3v) is 6.27. The van der Waals surface area contributed by atoms with Crippen molar-refractivity contribution in [2.75, 3.05) is 18.2 Å². The molecule has 1 amide bonds. The Bertz CT molecular complexity index is 1370. The minimum Gasteiger partial charge on any atom is -0.496 e. The monoisotopic (exact) mass is 468 g/mol. The second-order valence-electron chi connectivity index (χ2n) is 6.54. The summed E-state index contributed by atoms with van der Waals surface area (Å²) >= 11 is 2.39. The first-order valence-electron chi connectivity index (χ1n) is 9.28. The van der Waals surface area contributed by atoms with E-state index in [4.69, 9.17) is 4.74 Å². The molecule has 0 spiro atoms. The van der Waals surface area contributed by atoms with Crippen LogP contribution in [0.4, 0.5) is 11.4 Å². The average molecular weight is 469 g/mol. The second kappa shape index (κ2) is 9.20. The second-order valence-corrected chi connectivity index (χ2v) is 8.37. The van der Waals surface area contributed by atoms with E-state index in [0.717, 1.165) is 22.9 Å². The van der Waals surface area contributed by atoms with E-state index in [1.807, 2.05) is 35.7 Å². The van der Waals surface area contributed by atoms with Gasteiger partial charge in [-0.2, -0.15) is 0 Å². The smallest absolute Gasteiger partial charge is 0.296 e. The van der Waals surface area contributed by atoms with Crippen molar-refractivity contribution in [2.24, 2.45) is 0 Å². The summed E-state index contributed by atoms with van der Waals surface area (Å²) < 4.78 is 4.98. The van der Waals surface area contributed by atoms with Gasteiger partial charge in [0, 0.05) is 10.9 Å². The van der Waals surface area contributed by atoms with E-state index in [1.165, 1.54) is 36.6 Å². The predicted molar refractivity (Wildman–Crippen MR) is 125 cm³/mol. The lowest BCUT2D eigenvalue weighted by Gasteiger charge is -2.07. The van der Waals surface area contributed by atoms with Crippen molar-refractivity contribution in [3.05, 3.63) is 74.4 Å². The highest BCUT2D eigenvalue weighted by atomic mass is 32.2. The summed E-state index contributed by atoms with van der Waals surface area (Å²) in [5.41, 5.74) is 1.22. The van der Waals surface area contributed by atoms with Crippen LogP contribution in [-0.4, -0.2) is 33.7 Å². The number of H-pyrrole nitrogens is 1. The zero-order valence-electron chi connectivity index (χ0n) is 16.7. The predicted octanol–water partition coefficient (Wildman–Crippen LogP) is 4.30. The van der Waals surface area contributed by atoms with Crippen LogP contribution in [0.2, 0.25) is 0 Å². The Hall–Kier alpha value is -3.70. The van der Waals surface area contributed by atoms with Crippen molar-refractivity contribution in [1.82, 2.24) is 9.97 Å². The molecule has 0 unspecified atom stereocenters. The molecule has 4 rings (SSSR count). The topological polar surface area (TPSA) is 127 Å². The summed E-state index contributed by atoms with van der Waals surface area (Å²) in [6.45, 7) is 0. The van der Waals surface area contributed by atoms with Gasteiger partial charge >= 0.3 is 0 Å². The number of carbonyl (C=O) groups is 1. The number of amides is 1. The van der Waals surface area contributed by atoms with Gasteiger partial charge in [-0.1, -0.05) is 42.1 Å². The first-order chi connectivity index (χ1) is 15.5. The van der Waals surface area contributed by atoms with Gasteiger partial charge < -0.3 is 15.0 Å². The number of nitro benzene ring substituents is 1. The molecule has 0 radical (unpaired) electrons. The molecule has 32 heavy (non-hydrogen) atoms. The molecule has 0 fully saturated rings. The molecule has 0 saturated carbocycles. The summed E-state index contributed by atoms with van der Waals surface area (Å²) in [7, 11) is 1.40. The molecule has 0 aliphatic carbocycles. The summed E-state index contributed by atoms with van der Waals surface area (Å²) in [5, 5.41) is 16.5. The van der Waals surface area contributed by atoms with Crippen molar-refractivity contribution in [2.45, 2.75) is 5.16 Å². The van der Waals surface area contributed by atoms with Gasteiger partial charge in [0.05, 0.1) is 29.2 Å². The van der Waals surface area contributed by atoms with Crippen molar-refractivity contribution in [3.63, 3.8) is 0 Å². The maximum absolute atomic E-state index is 12.7. The van der Waals surface area contributed by atoms with E-state index in [0.29, 0.717) is 21.1 Å². The SMILES string of the molecule is COc1ccc(NC(=O)CSc2nc3scc(-c4ccccc4)c3c(=O)[nH]2)c([N+](=O)[O-])c1. The standard InChI is InChI=1S/C21H16N4O5S2/c1-30-13-7-8-15(16(9-13)25(28)29)22-17(26)11-32-21-23-19(27)18-14(10-31-20(18)24-21)12-5-3-2-4-6-12/h2-10H,11H2,1H3,(H,22,26)(H,23,24,27). The number of nitrogens with one attached hydrogen (secondary N) is 2. The highest BCUT2D eigenvalue weighted by molar-refractivity contribution is 7.99. The van der Waals surface area contributed by atoms with Crippen LogP contribution in [0.1, 0.15) is 0 Å². The molecule has 4 aromatic rings. The van der Waals surface area contributed by atoms with Crippen LogP contribution < -0.4 is 15.6 Å². The average Bonchev–Trinajstić information content (AvgIpc) is 3.23. The number of thioether (sulfide) groups is 1. The van der Waals surface area contributed by atoms with Crippen LogP contribution in [0.25, 0.3) is 21.3 Å². The summed E-state index contributed by atoms with van der Waals surface area (Å²) in [6, 6.07) is 13.7. The highest BCUT2D eigenvalue weighted by Crippen LogP contribution is 2.32. The van der Waals surface area contributed by atoms with Crippen LogP contribution in [0.15, 0.2) is 63.9 Å². The minimum atomic E-state index is -0.598. The number of benzene rings is 2. The fourth-order valence-electron chi connectivity index (χ4n) is 3.04. The Morgan fingerprint density at radius 1 is 1.28 bits per heavy atom. The molecule has 0 aliphatic heterocycles. The largest absolute Gasteiger partial charge is 0.496 e. The van der Waals surface area contributed by atoms with Crippen LogP contribution >= 0.6 is 23.1 Å². The zero-order valence-corrected chi connectivity index (χ0v) is 18.3. The molecular formula is C21H16N4O5S2. The fourth-order valence-corrected chi connectivity index (χ4v) is 4.71. The molecule has 0 atom stereocenters. The van der Waals surface area contributed by atoms with E-state index in [1.54, 1.807) is 0 Å². The first kappa shape index (κ1) is 21.5. The number of thiophene rings is 1. The Balaban J connectivity index is 1.50. The summed E-state index contributed by atoms with van der Waals surface area (Å²) in [6.07, 6.45) is 0. The lowest BCUT2D eigenvalue weighted by atomic mass is 10.1. The Morgan fingerprint density at radius 3 is 2.78 bits per heavy atom. The molecule has 9 nitrogen and oxygen atoms in total. The normalized spacial score (nSPS) is 10.8. The number of nitrogens with zero attached hydrogens (tertiary/aromatic N) is 2. The van der Waals surface area contributed by atoms with Gasteiger partial charge in [0.15, 0.2) is 5.16 Å². The maximum atomic E-state index is 12.7. The number of aromatic nitrogens is 2. The van der Waals surface area contributed by atoms with Crippen LogP contribution in [-0.2, 0) is 4.79 Å². The molecule has 0 bridgehead atoms. The van der Waals surface area contributed by atoms with E-state index < -0.39 is 10.8 Å². The molecule has 0 saturated heterocycles. The first-order valence-corrected chi connectivity index (χ1v) is 11.1. The molecule has 2 aromatic heterocycles. The van der Waals surface area contributed by atoms with Crippen LogP contribution in [0.5, 0.6) is 5.75 Å². The number of carbonyl (C=O) groups excluding carboxylic acids is 1.